The summed E-state index contributed by atoms with van der Waals surface area (Å²) < 4.78 is 30.5. The number of hydrogen-bond acceptors (Lipinski definition) is 13. The van der Waals surface area contributed by atoms with Gasteiger partial charge in [0.2, 0.25) is 23.7 Å². The average Bonchev–Trinajstić information content (AvgIpc) is 3.88. The van der Waals surface area contributed by atoms with Crippen molar-refractivity contribution >= 4 is 35.8 Å². The lowest BCUT2D eigenvalue weighted by atomic mass is 9.62. The van der Waals surface area contributed by atoms with Crippen LogP contribution in [0.25, 0.3) is 6.08 Å². The molecule has 15 nitrogen and oxygen atoms in total. The molecule has 5 aliphatic rings. The van der Waals surface area contributed by atoms with Crippen LogP contribution in [0.3, 0.4) is 0 Å². The van der Waals surface area contributed by atoms with Crippen molar-refractivity contribution in [1.82, 2.24) is 15.7 Å². The number of fused-ring (bicyclic) bond motifs is 4. The van der Waals surface area contributed by atoms with Crippen LogP contribution in [0, 0.1) is 10.8 Å². The fraction of sp³-hybridized carbons (Fsp3) is 0.419. The summed E-state index contributed by atoms with van der Waals surface area (Å²) in [5.41, 5.74) is 0.555. The summed E-state index contributed by atoms with van der Waals surface area (Å²) in [4.78, 5) is 72.8. The van der Waals surface area contributed by atoms with Crippen molar-refractivity contribution in [2.75, 3.05) is 26.3 Å². The quantitative estimate of drug-likeness (QED) is 0.130. The number of aliphatic hydroxyl groups is 1. The van der Waals surface area contributed by atoms with Gasteiger partial charge in [0.05, 0.1) is 13.2 Å². The number of carbonyl (C=O) groups is 5. The van der Waals surface area contributed by atoms with Crippen LogP contribution in [0.2, 0.25) is 0 Å². The Morgan fingerprint density at radius 3 is 2.28 bits per heavy atom. The van der Waals surface area contributed by atoms with E-state index in [-0.39, 0.29) is 51.6 Å². The molecule has 3 aromatic rings. The Balaban J connectivity index is 1.09. The maximum atomic E-state index is 14.6. The molecule has 2 amide bonds. The third-order valence-electron chi connectivity index (χ3n) is 11.4. The molecule has 4 saturated heterocycles. The number of amides is 2. The van der Waals surface area contributed by atoms with Gasteiger partial charge in [-0.3, -0.25) is 19.2 Å². The van der Waals surface area contributed by atoms with Crippen molar-refractivity contribution in [3.8, 4) is 0 Å². The molecule has 304 valence electrons. The van der Waals surface area contributed by atoms with Gasteiger partial charge in [0.1, 0.15) is 36.4 Å². The van der Waals surface area contributed by atoms with Gasteiger partial charge in [-0.15, -0.1) is 0 Å². The predicted molar refractivity (Wildman–Crippen MR) is 202 cm³/mol. The summed E-state index contributed by atoms with van der Waals surface area (Å²) in [5, 5.41) is 16.0. The van der Waals surface area contributed by atoms with E-state index in [9.17, 15) is 24.0 Å². The Morgan fingerprint density at radius 1 is 0.897 bits per heavy atom. The van der Waals surface area contributed by atoms with Crippen molar-refractivity contribution in [1.29, 1.82) is 0 Å². The summed E-state index contributed by atoms with van der Waals surface area (Å²) in [6.07, 6.45) is -1.82. The summed E-state index contributed by atoms with van der Waals surface area (Å²) in [7, 11) is 0. The minimum absolute atomic E-state index is 0.0311. The zero-order chi connectivity index (χ0) is 40.7. The van der Waals surface area contributed by atoms with Crippen LogP contribution in [0.4, 0.5) is 0 Å². The molecule has 1 saturated carbocycles. The van der Waals surface area contributed by atoms with Gasteiger partial charge in [0, 0.05) is 48.5 Å². The monoisotopic (exact) mass is 795 g/mol. The van der Waals surface area contributed by atoms with E-state index in [1.165, 1.54) is 11.1 Å². The lowest BCUT2D eigenvalue weighted by Crippen LogP contribution is -2.69. The SMILES string of the molecule is CC1(C)COC(=O)C1OC(=O)C=Cc1cccc(CN2OC3C4OC(c5ccccc5)(c5ccccc5)OC4C4CC3(C(=O)NCCC(=O)NCCO)C2C(=O)O4)c1. The van der Waals surface area contributed by atoms with Gasteiger partial charge < -0.3 is 39.4 Å². The van der Waals surface area contributed by atoms with Crippen LogP contribution < -0.4 is 10.6 Å². The molecule has 4 aliphatic heterocycles. The molecule has 15 heteroatoms. The molecule has 8 rings (SSSR count). The van der Waals surface area contributed by atoms with Gasteiger partial charge in [-0.1, -0.05) is 98.8 Å². The number of cyclic esters (lactones) is 1. The number of carbonyl (C=O) groups excluding carboxylic acids is 5. The second-order valence-corrected chi connectivity index (χ2v) is 15.8. The molecule has 7 unspecified atom stereocenters. The first-order chi connectivity index (χ1) is 27.9. The number of ether oxygens (including phenoxy) is 5. The van der Waals surface area contributed by atoms with E-state index < -0.39 is 77.0 Å². The van der Waals surface area contributed by atoms with Crippen LogP contribution in [0.1, 0.15) is 48.9 Å². The molecule has 0 aromatic heterocycles. The van der Waals surface area contributed by atoms with E-state index in [2.05, 4.69) is 10.6 Å². The molecule has 0 radical (unpaired) electrons. The van der Waals surface area contributed by atoms with E-state index >= 15 is 0 Å². The summed E-state index contributed by atoms with van der Waals surface area (Å²) >= 11 is 0. The number of hydrogen-bond donors (Lipinski definition) is 3. The lowest BCUT2D eigenvalue weighted by Gasteiger charge is -2.48. The topological polar surface area (TPSA) is 188 Å². The van der Waals surface area contributed by atoms with Crippen molar-refractivity contribution in [3.05, 3.63) is 113 Å². The molecule has 2 bridgehead atoms. The first-order valence-electron chi connectivity index (χ1n) is 19.4. The Morgan fingerprint density at radius 2 is 1.60 bits per heavy atom. The molecule has 3 aromatic carbocycles. The normalized spacial score (nSPS) is 29.0. The van der Waals surface area contributed by atoms with Gasteiger partial charge in [-0.2, -0.15) is 5.06 Å². The number of esters is 3. The van der Waals surface area contributed by atoms with E-state index in [4.69, 9.17) is 33.6 Å². The van der Waals surface area contributed by atoms with E-state index in [1.807, 2.05) is 66.7 Å². The number of benzene rings is 3. The van der Waals surface area contributed by atoms with E-state index in [0.717, 1.165) is 0 Å². The molecule has 7 atom stereocenters. The molecule has 0 spiro atoms. The smallest absolute Gasteiger partial charge is 0.348 e. The first kappa shape index (κ1) is 39.4. The van der Waals surface area contributed by atoms with Crippen molar-refractivity contribution in [2.45, 2.75) is 75.6 Å². The molecule has 4 heterocycles. The van der Waals surface area contributed by atoms with Crippen molar-refractivity contribution < 1.29 is 57.6 Å². The van der Waals surface area contributed by atoms with Crippen LogP contribution in [-0.4, -0.2) is 103 Å². The number of aliphatic hydroxyl groups excluding tert-OH is 1. The molecular formula is C43H45N3O12. The van der Waals surface area contributed by atoms with E-state index in [0.29, 0.717) is 22.3 Å². The van der Waals surface area contributed by atoms with E-state index in [1.54, 1.807) is 38.1 Å². The maximum Gasteiger partial charge on any atom is 0.348 e. The lowest BCUT2D eigenvalue weighted by molar-refractivity contribution is -0.213. The summed E-state index contributed by atoms with van der Waals surface area (Å²) in [5.74, 6) is -4.23. The van der Waals surface area contributed by atoms with Crippen LogP contribution in [-0.2, 0) is 64.8 Å². The Hall–Kier alpha value is -5.45. The van der Waals surface area contributed by atoms with Crippen LogP contribution >= 0.6 is 0 Å². The highest BCUT2D eigenvalue weighted by Crippen LogP contribution is 2.59. The zero-order valence-electron chi connectivity index (χ0n) is 32.0. The molecule has 3 N–H and O–H groups in total. The minimum atomic E-state index is -1.51. The molecule has 58 heavy (non-hydrogen) atoms. The number of nitrogens with zero attached hydrogens (tertiary/aromatic N) is 1. The largest absolute Gasteiger partial charge is 0.462 e. The second kappa shape index (κ2) is 15.7. The molecule has 5 fully saturated rings. The number of hydroxylamine groups is 2. The third kappa shape index (κ3) is 7.06. The minimum Gasteiger partial charge on any atom is -0.462 e. The Labute approximate surface area is 334 Å². The summed E-state index contributed by atoms with van der Waals surface area (Å²) in [6.45, 7) is 3.58. The van der Waals surface area contributed by atoms with Crippen LogP contribution in [0.5, 0.6) is 0 Å². The Bertz CT molecular complexity index is 2050. The van der Waals surface area contributed by atoms with Gasteiger partial charge in [-0.05, 0) is 17.2 Å². The highest BCUT2D eigenvalue weighted by atomic mass is 16.8. The second-order valence-electron chi connectivity index (χ2n) is 15.8. The third-order valence-corrected chi connectivity index (χ3v) is 11.4. The fourth-order valence-corrected chi connectivity index (χ4v) is 8.66. The van der Waals surface area contributed by atoms with Crippen molar-refractivity contribution in [3.63, 3.8) is 0 Å². The highest BCUT2D eigenvalue weighted by Gasteiger charge is 2.76. The highest BCUT2D eigenvalue weighted by molar-refractivity contribution is 5.94. The summed E-state index contributed by atoms with van der Waals surface area (Å²) in [6, 6.07) is 24.8. The standard InChI is InChI=1S/C43H45N3O12/c1-41(2)25-53-39(51)37(41)55-32(49)17-16-26-10-9-11-27(22-26)24-46-35-38(50)54-30-23-42(35,40(52)45-19-18-31(48)44-20-21-47)36(58-46)34-33(30)56-43(57-34,28-12-5-3-6-13-28)29-14-7-4-8-15-29/h3-17,22,30,33-37,47H,18-21,23-25H2,1-2H3,(H,44,48)(H,45,52). The Kier molecular flexibility index (Phi) is 10.7. The fourth-order valence-electron chi connectivity index (χ4n) is 8.66. The van der Waals surface area contributed by atoms with Crippen LogP contribution in [0.15, 0.2) is 91.0 Å². The zero-order valence-corrected chi connectivity index (χ0v) is 32.0. The van der Waals surface area contributed by atoms with Gasteiger partial charge in [-0.25, -0.2) is 9.59 Å². The van der Waals surface area contributed by atoms with Gasteiger partial charge in [0.15, 0.2) is 6.04 Å². The maximum absolute atomic E-state index is 14.6. The molecule has 1 aliphatic carbocycles. The average molecular weight is 796 g/mol. The number of rotatable bonds is 13. The molecular weight excluding hydrogens is 750 g/mol. The first-order valence-corrected chi connectivity index (χ1v) is 19.4. The van der Waals surface area contributed by atoms with Gasteiger partial charge in [0.25, 0.3) is 0 Å². The van der Waals surface area contributed by atoms with Crippen molar-refractivity contribution in [2.24, 2.45) is 10.8 Å². The number of nitrogens with one attached hydrogen (secondary N) is 2. The predicted octanol–water partition coefficient (Wildman–Crippen LogP) is 2.29. The van der Waals surface area contributed by atoms with Gasteiger partial charge >= 0.3 is 17.9 Å².